The van der Waals surface area contributed by atoms with Crippen molar-refractivity contribution in [3.05, 3.63) is 35.1 Å². The van der Waals surface area contributed by atoms with Crippen molar-refractivity contribution in [2.75, 3.05) is 14.2 Å². The highest BCUT2D eigenvalue weighted by molar-refractivity contribution is 9.10. The monoisotopic (exact) mass is 301 g/mol. The second-order valence-corrected chi connectivity index (χ2v) is 4.07. The number of nitrogens with zero attached hydrogens (tertiary/aromatic N) is 1. The zero-order valence-corrected chi connectivity index (χ0v) is 13.2. The van der Waals surface area contributed by atoms with Gasteiger partial charge in [-0.3, -0.25) is 4.98 Å². The number of pyridine rings is 1. The standard InChI is InChI=1S/C10H12BrN.C2H6O.C2H6/c1-3-4-8(2)9-5-10(11)7-12-6-9;1-3-2;1-2/h5-7H,2-4H2,1H3;1-2H3;1-2H3. The molecule has 0 atom stereocenters. The first-order valence-corrected chi connectivity index (χ1v) is 6.63. The van der Waals surface area contributed by atoms with E-state index in [-0.39, 0.29) is 0 Å². The van der Waals surface area contributed by atoms with Crippen molar-refractivity contribution >= 4 is 21.5 Å². The van der Waals surface area contributed by atoms with Crippen LogP contribution >= 0.6 is 15.9 Å². The minimum Gasteiger partial charge on any atom is -0.388 e. The molecule has 1 aromatic rings. The minimum absolute atomic E-state index is 1.01. The van der Waals surface area contributed by atoms with Gasteiger partial charge in [0.15, 0.2) is 0 Å². The zero-order chi connectivity index (χ0) is 13.7. The van der Waals surface area contributed by atoms with Crippen molar-refractivity contribution < 1.29 is 4.74 Å². The summed E-state index contributed by atoms with van der Waals surface area (Å²) < 4.78 is 5.26. The molecule has 0 aliphatic carbocycles. The van der Waals surface area contributed by atoms with Crippen LogP contribution in [-0.4, -0.2) is 19.2 Å². The summed E-state index contributed by atoms with van der Waals surface area (Å²) in [5, 5.41) is 0. The Hall–Kier alpha value is -0.670. The van der Waals surface area contributed by atoms with Gasteiger partial charge in [-0.25, -0.2) is 0 Å². The minimum atomic E-state index is 1.01. The third-order valence-corrected chi connectivity index (χ3v) is 2.10. The van der Waals surface area contributed by atoms with Crippen molar-refractivity contribution in [2.45, 2.75) is 33.6 Å². The van der Waals surface area contributed by atoms with Crippen LogP contribution in [0.25, 0.3) is 5.57 Å². The lowest BCUT2D eigenvalue weighted by molar-refractivity contribution is 0.277. The van der Waals surface area contributed by atoms with Crippen LogP contribution in [0.2, 0.25) is 0 Å². The Labute approximate surface area is 114 Å². The number of hydrogen-bond acceptors (Lipinski definition) is 2. The van der Waals surface area contributed by atoms with Crippen LogP contribution in [0.15, 0.2) is 29.5 Å². The van der Waals surface area contributed by atoms with E-state index in [0.29, 0.717) is 0 Å². The fraction of sp³-hybridized carbons (Fsp3) is 0.500. The van der Waals surface area contributed by atoms with E-state index >= 15 is 0 Å². The van der Waals surface area contributed by atoms with Crippen LogP contribution in [0.1, 0.15) is 39.2 Å². The Morgan fingerprint density at radius 1 is 1.35 bits per heavy atom. The van der Waals surface area contributed by atoms with Gasteiger partial charge in [-0.1, -0.05) is 33.8 Å². The molecule has 0 amide bonds. The summed E-state index contributed by atoms with van der Waals surface area (Å²) in [7, 11) is 3.25. The number of hydrogen-bond donors (Lipinski definition) is 0. The first-order valence-electron chi connectivity index (χ1n) is 5.84. The number of allylic oxidation sites excluding steroid dienone is 1. The molecule has 17 heavy (non-hydrogen) atoms. The van der Waals surface area contributed by atoms with Crippen molar-refractivity contribution in [3.8, 4) is 0 Å². The summed E-state index contributed by atoms with van der Waals surface area (Å²) >= 11 is 3.38. The van der Waals surface area contributed by atoms with Gasteiger partial charge in [0, 0.05) is 31.1 Å². The van der Waals surface area contributed by atoms with Gasteiger partial charge >= 0.3 is 0 Å². The number of ether oxygens (including phenoxy) is 1. The molecule has 0 saturated carbocycles. The van der Waals surface area contributed by atoms with Crippen LogP contribution in [0.4, 0.5) is 0 Å². The van der Waals surface area contributed by atoms with E-state index in [1.54, 1.807) is 20.4 Å². The Balaban J connectivity index is 0. The Kier molecular flexibility index (Phi) is 14.7. The fourth-order valence-electron chi connectivity index (χ4n) is 1.05. The number of halogens is 1. The van der Waals surface area contributed by atoms with E-state index in [4.69, 9.17) is 0 Å². The van der Waals surface area contributed by atoms with Crippen molar-refractivity contribution in [1.29, 1.82) is 0 Å². The van der Waals surface area contributed by atoms with Gasteiger partial charge in [-0.2, -0.15) is 0 Å². The number of rotatable bonds is 3. The SMILES string of the molecule is C=C(CCC)c1cncc(Br)c1.CC.COC. The zero-order valence-electron chi connectivity index (χ0n) is 11.6. The quantitative estimate of drug-likeness (QED) is 0.788. The lowest BCUT2D eigenvalue weighted by atomic mass is 10.1. The number of aromatic nitrogens is 1. The molecule has 0 N–H and O–H groups in total. The molecule has 0 aliphatic rings. The maximum atomic E-state index is 4.25. The summed E-state index contributed by atoms with van der Waals surface area (Å²) in [4.78, 5) is 4.08. The van der Waals surface area contributed by atoms with Crippen LogP contribution in [0, 0.1) is 0 Å². The van der Waals surface area contributed by atoms with E-state index in [9.17, 15) is 0 Å². The lowest BCUT2D eigenvalue weighted by Crippen LogP contribution is -1.84. The van der Waals surface area contributed by atoms with Gasteiger partial charge < -0.3 is 4.74 Å². The normalized spacial score (nSPS) is 8.35. The lowest BCUT2D eigenvalue weighted by Gasteiger charge is -2.02. The molecule has 1 rings (SSSR count). The molecule has 0 unspecified atom stereocenters. The van der Waals surface area contributed by atoms with Gasteiger partial charge in [-0.05, 0) is 39.6 Å². The summed E-state index contributed by atoms with van der Waals surface area (Å²) in [6, 6.07) is 2.05. The highest BCUT2D eigenvalue weighted by Gasteiger charge is 1.98. The molecule has 0 bridgehead atoms. The molecule has 0 fully saturated rings. The maximum absolute atomic E-state index is 4.25. The summed E-state index contributed by atoms with van der Waals surface area (Å²) in [6.07, 6.45) is 5.80. The Morgan fingerprint density at radius 3 is 2.29 bits per heavy atom. The topological polar surface area (TPSA) is 22.1 Å². The van der Waals surface area contributed by atoms with E-state index < -0.39 is 0 Å². The third kappa shape index (κ3) is 10.2. The van der Waals surface area contributed by atoms with Crippen molar-refractivity contribution in [2.24, 2.45) is 0 Å². The molecule has 1 heterocycles. The molecule has 3 heteroatoms. The molecule has 98 valence electrons. The average molecular weight is 302 g/mol. The highest BCUT2D eigenvalue weighted by Crippen LogP contribution is 2.19. The smallest absolute Gasteiger partial charge is 0.0410 e. The third-order valence-electron chi connectivity index (χ3n) is 1.66. The largest absolute Gasteiger partial charge is 0.388 e. The molecule has 2 nitrogen and oxygen atoms in total. The Morgan fingerprint density at radius 2 is 1.88 bits per heavy atom. The summed E-state index contributed by atoms with van der Waals surface area (Å²) in [6.45, 7) is 10.1. The average Bonchev–Trinajstić information content (AvgIpc) is 2.33. The maximum Gasteiger partial charge on any atom is 0.0410 e. The van der Waals surface area contributed by atoms with Gasteiger partial charge in [0.1, 0.15) is 0 Å². The van der Waals surface area contributed by atoms with Gasteiger partial charge in [0.05, 0.1) is 0 Å². The fourth-order valence-corrected chi connectivity index (χ4v) is 1.42. The summed E-state index contributed by atoms with van der Waals surface area (Å²) in [5.41, 5.74) is 2.29. The molecule has 0 radical (unpaired) electrons. The van der Waals surface area contributed by atoms with Crippen LogP contribution < -0.4 is 0 Å². The molecular formula is C14H24BrNO. The molecule has 1 aromatic heterocycles. The summed E-state index contributed by atoms with van der Waals surface area (Å²) in [5.74, 6) is 0. The second-order valence-electron chi connectivity index (χ2n) is 3.15. The first-order chi connectivity index (χ1) is 8.15. The van der Waals surface area contributed by atoms with Gasteiger partial charge in [0.2, 0.25) is 0 Å². The predicted molar refractivity (Wildman–Crippen MR) is 80.2 cm³/mol. The molecular weight excluding hydrogens is 278 g/mol. The van der Waals surface area contributed by atoms with E-state index in [1.165, 1.54) is 0 Å². The second kappa shape index (κ2) is 13.4. The molecule has 0 aliphatic heterocycles. The van der Waals surface area contributed by atoms with Crippen molar-refractivity contribution in [3.63, 3.8) is 0 Å². The van der Waals surface area contributed by atoms with Gasteiger partial charge in [0.25, 0.3) is 0 Å². The molecule has 0 spiro atoms. The van der Waals surface area contributed by atoms with E-state index in [0.717, 1.165) is 28.5 Å². The van der Waals surface area contributed by atoms with Crippen LogP contribution in [-0.2, 0) is 4.74 Å². The van der Waals surface area contributed by atoms with E-state index in [2.05, 4.69) is 39.2 Å². The molecule has 0 saturated heterocycles. The Bertz CT molecular complexity index is 300. The van der Waals surface area contributed by atoms with E-state index in [1.807, 2.05) is 26.1 Å². The highest BCUT2D eigenvalue weighted by atomic mass is 79.9. The first kappa shape index (κ1) is 18.7. The van der Waals surface area contributed by atoms with Crippen LogP contribution in [0.5, 0.6) is 0 Å². The van der Waals surface area contributed by atoms with Crippen LogP contribution in [0.3, 0.4) is 0 Å². The van der Waals surface area contributed by atoms with Gasteiger partial charge in [-0.15, -0.1) is 0 Å². The number of methoxy groups -OCH3 is 1. The molecule has 0 aromatic carbocycles. The van der Waals surface area contributed by atoms with Crippen molar-refractivity contribution in [1.82, 2.24) is 4.98 Å². The predicted octanol–water partition coefficient (Wildman–Crippen LogP) is 4.95.